The molecule has 53 heavy (non-hydrogen) atoms. The van der Waals surface area contributed by atoms with Gasteiger partial charge in [0.25, 0.3) is 0 Å². The molecule has 1 aliphatic carbocycles. The fraction of sp³-hybridized carbons (Fsp3) is 0.538. The van der Waals surface area contributed by atoms with Gasteiger partial charge in [-0.1, -0.05) is 26.0 Å². The van der Waals surface area contributed by atoms with Crippen LogP contribution in [0.25, 0.3) is 5.57 Å². The van der Waals surface area contributed by atoms with Crippen molar-refractivity contribution in [3.8, 4) is 0 Å². The summed E-state index contributed by atoms with van der Waals surface area (Å²) in [5, 5.41) is 0. The van der Waals surface area contributed by atoms with Gasteiger partial charge in [-0.05, 0) is 103 Å². The first-order chi connectivity index (χ1) is 25.0. The molecule has 292 valence electrons. The number of alkyl halides is 6. The number of halogens is 8. The number of carbonyl (C=O) groups is 2. The lowest BCUT2D eigenvalue weighted by Crippen LogP contribution is -2.26. The molecular weight excluding hydrogens is 716 g/mol. The molecule has 1 fully saturated rings. The zero-order valence-electron chi connectivity index (χ0n) is 29.8. The minimum atomic E-state index is -4.96. The summed E-state index contributed by atoms with van der Waals surface area (Å²) < 4.78 is 134. The molecule has 1 heterocycles. The molecule has 2 unspecified atom stereocenters. The number of allylic oxidation sites excluding steroid dienone is 1. The maximum atomic E-state index is 15.3. The number of Topliss-reactive ketones (excluding diaryl/α,β-unsaturated/α-hetero) is 1. The molecule has 0 radical (unpaired) electrons. The first kappa shape index (κ1) is 42.0. The third kappa shape index (κ3) is 11.6. The van der Waals surface area contributed by atoms with Gasteiger partial charge in [-0.2, -0.15) is 26.3 Å². The molecule has 2 aromatic carbocycles. The molecule has 0 aromatic heterocycles. The van der Waals surface area contributed by atoms with E-state index in [2.05, 4.69) is 0 Å². The molecule has 6 nitrogen and oxygen atoms in total. The van der Waals surface area contributed by atoms with Crippen LogP contribution >= 0.6 is 0 Å². The fourth-order valence-electron chi connectivity index (χ4n) is 6.54. The van der Waals surface area contributed by atoms with Crippen LogP contribution in [-0.4, -0.2) is 44.3 Å². The van der Waals surface area contributed by atoms with Crippen molar-refractivity contribution in [1.82, 2.24) is 0 Å². The van der Waals surface area contributed by atoms with Crippen LogP contribution in [0.1, 0.15) is 99.6 Å². The highest BCUT2D eigenvalue weighted by Gasteiger charge is 2.38. The van der Waals surface area contributed by atoms with Gasteiger partial charge in [0.1, 0.15) is 24.4 Å². The van der Waals surface area contributed by atoms with E-state index >= 15 is 4.39 Å². The van der Waals surface area contributed by atoms with Gasteiger partial charge in [-0.3, -0.25) is 9.59 Å². The monoisotopic (exact) mass is 760 g/mol. The number of ketones is 1. The van der Waals surface area contributed by atoms with Crippen LogP contribution in [0.4, 0.5) is 35.1 Å². The van der Waals surface area contributed by atoms with Gasteiger partial charge in [0.05, 0.1) is 23.8 Å². The molecule has 0 spiro atoms. The summed E-state index contributed by atoms with van der Waals surface area (Å²) in [5.41, 5.74) is -1.44. The number of ether oxygens (including phenoxy) is 4. The summed E-state index contributed by atoms with van der Waals surface area (Å²) in [7, 11) is 0. The van der Waals surface area contributed by atoms with E-state index in [1.165, 1.54) is 12.1 Å². The van der Waals surface area contributed by atoms with Crippen molar-refractivity contribution < 1.29 is 63.7 Å². The normalized spacial score (nSPS) is 21.5. The molecule has 0 bridgehead atoms. The minimum Gasteiger partial charge on any atom is -0.491 e. The van der Waals surface area contributed by atoms with E-state index < -0.39 is 65.1 Å². The van der Waals surface area contributed by atoms with Crippen LogP contribution in [0.3, 0.4) is 0 Å². The third-order valence-corrected chi connectivity index (χ3v) is 9.25. The third-order valence-electron chi connectivity index (χ3n) is 9.25. The Bertz CT molecular complexity index is 1650. The average molecular weight is 761 g/mol. The Morgan fingerprint density at radius 3 is 2.38 bits per heavy atom. The fourth-order valence-corrected chi connectivity index (χ4v) is 6.54. The quantitative estimate of drug-likeness (QED) is 0.102. The largest absolute Gasteiger partial charge is 0.491 e. The van der Waals surface area contributed by atoms with Gasteiger partial charge in [-0.15, -0.1) is 0 Å². The zero-order chi connectivity index (χ0) is 38.9. The molecule has 0 saturated carbocycles. The van der Waals surface area contributed by atoms with E-state index in [0.717, 1.165) is 18.2 Å². The minimum absolute atomic E-state index is 0.00353. The number of rotatable bonds is 15. The molecule has 1 aliphatic heterocycles. The first-order valence-electron chi connectivity index (χ1n) is 17.7. The van der Waals surface area contributed by atoms with Crippen molar-refractivity contribution in [3.05, 3.63) is 87.7 Å². The standard InChI is InChI=1S/C39H44F8O6/c1-4-14-51-34-21-33(41)35(52-15-6-7-28(48)22-50-5-2)20-30(34)29-12-11-27(38(42,43)44)18-26(29)16-24-9-8-23(3)37(53-36(49)17-24)25-10-13-32(40)31(19-25)39(45,46)47/h10-13,18-20,23-24,34,37H,4-9,14-17,21-22H2,1-3H3/t23-,24?,34?,37+/m1/s1. The van der Waals surface area contributed by atoms with Crippen molar-refractivity contribution in [2.45, 2.75) is 96.7 Å². The second-order valence-corrected chi connectivity index (χ2v) is 13.4. The highest BCUT2D eigenvalue weighted by molar-refractivity contribution is 5.79. The molecule has 4 rings (SSSR count). The van der Waals surface area contributed by atoms with Gasteiger partial charge in [0.2, 0.25) is 0 Å². The van der Waals surface area contributed by atoms with E-state index in [0.29, 0.717) is 49.1 Å². The lowest BCUT2D eigenvalue weighted by Gasteiger charge is -2.31. The Morgan fingerprint density at radius 1 is 0.943 bits per heavy atom. The number of hydrogen-bond acceptors (Lipinski definition) is 6. The maximum Gasteiger partial charge on any atom is 0.419 e. The van der Waals surface area contributed by atoms with Crippen molar-refractivity contribution in [2.24, 2.45) is 11.8 Å². The van der Waals surface area contributed by atoms with Crippen molar-refractivity contribution in [1.29, 1.82) is 0 Å². The van der Waals surface area contributed by atoms with Gasteiger partial charge in [-0.25, -0.2) is 8.78 Å². The number of cyclic esters (lactones) is 1. The average Bonchev–Trinajstić information content (AvgIpc) is 3.09. The Balaban J connectivity index is 1.61. The van der Waals surface area contributed by atoms with Crippen LogP contribution in [0.2, 0.25) is 0 Å². The SMILES string of the molecule is CCCOC1CC(F)=C(OCCCC(=O)COCC)C=C1c1ccc(C(F)(F)F)cc1CC1CC[C@@H](C)[C@@H](c2ccc(F)c(C(F)(F)F)c2)OC(=O)C1. The molecule has 2 aromatic rings. The van der Waals surface area contributed by atoms with Crippen LogP contribution in [0.15, 0.2) is 54.1 Å². The highest BCUT2D eigenvalue weighted by Crippen LogP contribution is 2.42. The van der Waals surface area contributed by atoms with E-state index in [-0.39, 0.29) is 74.6 Å². The summed E-state index contributed by atoms with van der Waals surface area (Å²) >= 11 is 0. The molecular formula is C39H44F8O6. The van der Waals surface area contributed by atoms with Gasteiger partial charge in [0.15, 0.2) is 11.5 Å². The van der Waals surface area contributed by atoms with Crippen LogP contribution in [0.5, 0.6) is 0 Å². The number of hydrogen-bond donors (Lipinski definition) is 0. The highest BCUT2D eigenvalue weighted by atomic mass is 19.4. The van der Waals surface area contributed by atoms with Crippen molar-refractivity contribution >= 4 is 17.3 Å². The van der Waals surface area contributed by atoms with Gasteiger partial charge < -0.3 is 18.9 Å². The molecule has 14 heteroatoms. The lowest BCUT2D eigenvalue weighted by atomic mass is 9.81. The predicted octanol–water partition coefficient (Wildman–Crippen LogP) is 10.3. The Kier molecular flexibility index (Phi) is 14.7. The van der Waals surface area contributed by atoms with Gasteiger partial charge in [0, 0.05) is 32.5 Å². The summed E-state index contributed by atoms with van der Waals surface area (Å²) in [4.78, 5) is 25.1. The Morgan fingerprint density at radius 2 is 1.70 bits per heavy atom. The number of esters is 1. The smallest absolute Gasteiger partial charge is 0.419 e. The topological polar surface area (TPSA) is 71.1 Å². The van der Waals surface area contributed by atoms with Crippen LogP contribution in [-0.2, 0) is 47.3 Å². The van der Waals surface area contributed by atoms with Crippen molar-refractivity contribution in [2.75, 3.05) is 26.4 Å². The van der Waals surface area contributed by atoms with Crippen LogP contribution in [0, 0.1) is 17.7 Å². The molecule has 0 N–H and O–H groups in total. The number of carbonyl (C=O) groups excluding carboxylic acids is 2. The summed E-state index contributed by atoms with van der Waals surface area (Å²) in [6.45, 7) is 5.88. The van der Waals surface area contributed by atoms with E-state index in [9.17, 15) is 40.3 Å². The van der Waals surface area contributed by atoms with E-state index in [4.69, 9.17) is 18.9 Å². The van der Waals surface area contributed by atoms with Crippen LogP contribution < -0.4 is 0 Å². The van der Waals surface area contributed by atoms with Crippen molar-refractivity contribution in [3.63, 3.8) is 0 Å². The second kappa shape index (κ2) is 18.5. The maximum absolute atomic E-state index is 15.3. The van der Waals surface area contributed by atoms with E-state index in [1.54, 1.807) is 13.8 Å². The van der Waals surface area contributed by atoms with E-state index in [1.807, 2.05) is 6.92 Å². The summed E-state index contributed by atoms with van der Waals surface area (Å²) in [6.07, 6.45) is -9.02. The summed E-state index contributed by atoms with van der Waals surface area (Å²) in [5.74, 6) is -4.13. The first-order valence-corrected chi connectivity index (χ1v) is 17.7. The van der Waals surface area contributed by atoms with Gasteiger partial charge >= 0.3 is 18.3 Å². The Labute approximate surface area is 303 Å². The zero-order valence-corrected chi connectivity index (χ0v) is 29.8. The second-order valence-electron chi connectivity index (χ2n) is 13.4. The molecule has 4 atom stereocenters. The summed E-state index contributed by atoms with van der Waals surface area (Å²) in [6, 6.07) is 5.66. The predicted molar refractivity (Wildman–Crippen MR) is 179 cm³/mol. The molecule has 1 saturated heterocycles. The number of benzene rings is 2. The Hall–Kier alpha value is -3.78. The molecule has 2 aliphatic rings. The lowest BCUT2D eigenvalue weighted by molar-refractivity contribution is -0.155. The molecule has 0 amide bonds.